The fourth-order valence-electron chi connectivity index (χ4n) is 2.11. The average Bonchev–Trinajstić information content (AvgIpc) is 2.55. The van der Waals surface area contributed by atoms with Crippen LogP contribution in [0.1, 0.15) is 19.3 Å². The van der Waals surface area contributed by atoms with E-state index in [2.05, 4.69) is 4.90 Å². The van der Waals surface area contributed by atoms with Crippen LogP contribution < -0.4 is 5.73 Å². The van der Waals surface area contributed by atoms with Crippen LogP contribution in [-0.4, -0.2) is 75.3 Å². The molecule has 0 aliphatic carbocycles. The zero-order valence-electron chi connectivity index (χ0n) is 11.5. The first-order valence-electron chi connectivity index (χ1n) is 6.58. The van der Waals surface area contributed by atoms with Gasteiger partial charge in [-0.05, 0) is 38.9 Å². The maximum Gasteiger partial charge on any atom is 0.281 e. The van der Waals surface area contributed by atoms with Gasteiger partial charge in [0.25, 0.3) is 10.2 Å². The van der Waals surface area contributed by atoms with Gasteiger partial charge in [-0.25, -0.2) is 0 Å². The standard InChI is InChI=1S/C11H26N4O2S/c1-13(2)18(16,17)15-9-5-8-14(10-11-15)7-4-3-6-12/h3-12H2,1-2H3. The summed E-state index contributed by atoms with van der Waals surface area (Å²) in [4.78, 5) is 2.33. The lowest BCUT2D eigenvalue weighted by Crippen LogP contribution is -2.42. The van der Waals surface area contributed by atoms with Crippen LogP contribution >= 0.6 is 0 Å². The lowest BCUT2D eigenvalue weighted by molar-refractivity contribution is 0.280. The van der Waals surface area contributed by atoms with Crippen molar-refractivity contribution in [3.8, 4) is 0 Å². The second-order valence-electron chi connectivity index (χ2n) is 4.88. The molecule has 0 radical (unpaired) electrons. The van der Waals surface area contributed by atoms with E-state index in [0.29, 0.717) is 13.1 Å². The van der Waals surface area contributed by atoms with Gasteiger partial charge in [-0.2, -0.15) is 17.0 Å². The normalized spacial score (nSPS) is 20.2. The van der Waals surface area contributed by atoms with Crippen LogP contribution in [0.3, 0.4) is 0 Å². The minimum atomic E-state index is -3.25. The zero-order valence-corrected chi connectivity index (χ0v) is 12.3. The highest BCUT2D eigenvalue weighted by molar-refractivity contribution is 7.86. The van der Waals surface area contributed by atoms with Crippen molar-refractivity contribution in [1.29, 1.82) is 0 Å². The molecule has 0 saturated carbocycles. The van der Waals surface area contributed by atoms with Gasteiger partial charge in [-0.15, -0.1) is 0 Å². The highest BCUT2D eigenvalue weighted by Crippen LogP contribution is 2.10. The summed E-state index contributed by atoms with van der Waals surface area (Å²) >= 11 is 0. The molecular formula is C11H26N4O2S. The van der Waals surface area contributed by atoms with E-state index in [1.54, 1.807) is 18.4 Å². The van der Waals surface area contributed by atoms with Crippen molar-refractivity contribution in [3.63, 3.8) is 0 Å². The Morgan fingerprint density at radius 3 is 2.44 bits per heavy atom. The highest BCUT2D eigenvalue weighted by atomic mass is 32.2. The number of unbranched alkanes of at least 4 members (excludes halogenated alkanes) is 1. The van der Waals surface area contributed by atoms with Crippen molar-refractivity contribution >= 4 is 10.2 Å². The Kier molecular flexibility index (Phi) is 6.51. The first kappa shape index (κ1) is 15.8. The molecule has 0 aromatic carbocycles. The van der Waals surface area contributed by atoms with Gasteiger partial charge in [0.15, 0.2) is 0 Å². The van der Waals surface area contributed by atoms with E-state index >= 15 is 0 Å². The Labute approximate surface area is 111 Å². The highest BCUT2D eigenvalue weighted by Gasteiger charge is 2.26. The minimum absolute atomic E-state index is 0.586. The summed E-state index contributed by atoms with van der Waals surface area (Å²) in [6, 6.07) is 0. The van der Waals surface area contributed by atoms with E-state index in [0.717, 1.165) is 45.4 Å². The summed E-state index contributed by atoms with van der Waals surface area (Å²) in [7, 11) is -0.0867. The number of nitrogens with two attached hydrogens (primary N) is 1. The molecule has 1 fully saturated rings. The van der Waals surface area contributed by atoms with Crippen molar-refractivity contribution in [1.82, 2.24) is 13.5 Å². The van der Waals surface area contributed by atoms with Crippen molar-refractivity contribution in [2.24, 2.45) is 5.73 Å². The number of hydrogen-bond donors (Lipinski definition) is 1. The van der Waals surface area contributed by atoms with Gasteiger partial charge in [0.1, 0.15) is 0 Å². The molecule has 0 bridgehead atoms. The maximum absolute atomic E-state index is 12.0. The minimum Gasteiger partial charge on any atom is -0.330 e. The van der Waals surface area contributed by atoms with Crippen LogP contribution in [0.4, 0.5) is 0 Å². The molecule has 1 aliphatic heterocycles. The molecule has 1 saturated heterocycles. The van der Waals surface area contributed by atoms with Gasteiger partial charge < -0.3 is 10.6 Å². The monoisotopic (exact) mass is 278 g/mol. The van der Waals surface area contributed by atoms with Crippen molar-refractivity contribution in [2.75, 3.05) is 53.4 Å². The molecule has 6 nitrogen and oxygen atoms in total. The van der Waals surface area contributed by atoms with Gasteiger partial charge in [-0.3, -0.25) is 0 Å². The fraction of sp³-hybridized carbons (Fsp3) is 1.00. The number of nitrogens with zero attached hydrogens (tertiary/aromatic N) is 3. The van der Waals surface area contributed by atoms with Crippen LogP contribution in [0, 0.1) is 0 Å². The van der Waals surface area contributed by atoms with Gasteiger partial charge in [0.2, 0.25) is 0 Å². The third-order valence-corrected chi connectivity index (χ3v) is 5.20. The number of rotatable bonds is 6. The molecule has 0 amide bonds. The molecule has 1 aliphatic rings. The lowest BCUT2D eigenvalue weighted by Gasteiger charge is -2.24. The second kappa shape index (κ2) is 7.40. The molecule has 1 heterocycles. The summed E-state index contributed by atoms with van der Waals surface area (Å²) in [6.07, 6.45) is 3.03. The molecule has 0 aromatic rings. The van der Waals surface area contributed by atoms with E-state index in [1.165, 1.54) is 4.31 Å². The van der Waals surface area contributed by atoms with Gasteiger partial charge in [0, 0.05) is 33.7 Å². The zero-order chi connectivity index (χ0) is 13.6. The van der Waals surface area contributed by atoms with Crippen LogP contribution in [0.25, 0.3) is 0 Å². The summed E-state index contributed by atoms with van der Waals surface area (Å²) in [5.74, 6) is 0. The molecule has 0 unspecified atom stereocenters. The first-order chi connectivity index (χ1) is 8.48. The smallest absolute Gasteiger partial charge is 0.281 e. The summed E-state index contributed by atoms with van der Waals surface area (Å²) in [5, 5.41) is 0. The van der Waals surface area contributed by atoms with Gasteiger partial charge >= 0.3 is 0 Å². The molecule has 0 atom stereocenters. The third-order valence-electron chi connectivity index (χ3n) is 3.26. The van der Waals surface area contributed by atoms with E-state index in [4.69, 9.17) is 5.73 Å². The van der Waals surface area contributed by atoms with Crippen molar-refractivity contribution in [3.05, 3.63) is 0 Å². The SMILES string of the molecule is CN(C)S(=O)(=O)N1CCCN(CCCCN)CC1. The fourth-order valence-corrected chi connectivity index (χ4v) is 3.25. The molecular weight excluding hydrogens is 252 g/mol. The number of hydrogen-bond acceptors (Lipinski definition) is 4. The maximum atomic E-state index is 12.0. The lowest BCUT2D eigenvalue weighted by atomic mass is 10.3. The van der Waals surface area contributed by atoms with Crippen LogP contribution in [0.2, 0.25) is 0 Å². The summed E-state index contributed by atoms with van der Waals surface area (Å²) < 4.78 is 26.9. The van der Waals surface area contributed by atoms with Crippen molar-refractivity contribution < 1.29 is 8.42 Å². The van der Waals surface area contributed by atoms with Crippen LogP contribution in [0.5, 0.6) is 0 Å². The Hall–Kier alpha value is -0.210. The first-order valence-corrected chi connectivity index (χ1v) is 7.98. The Bertz CT molecular complexity index is 332. The Balaban J connectivity index is 2.46. The second-order valence-corrected chi connectivity index (χ2v) is 7.02. The summed E-state index contributed by atoms with van der Waals surface area (Å²) in [5.41, 5.74) is 5.48. The molecule has 108 valence electrons. The molecule has 2 N–H and O–H groups in total. The summed E-state index contributed by atoms with van der Waals surface area (Å²) in [6.45, 7) is 4.75. The van der Waals surface area contributed by atoms with Gasteiger partial charge in [0.05, 0.1) is 0 Å². The molecule has 0 spiro atoms. The average molecular weight is 278 g/mol. The van der Waals surface area contributed by atoms with Gasteiger partial charge in [-0.1, -0.05) is 0 Å². The topological polar surface area (TPSA) is 69.9 Å². The van der Waals surface area contributed by atoms with E-state index in [9.17, 15) is 8.42 Å². The van der Waals surface area contributed by atoms with E-state index < -0.39 is 10.2 Å². The van der Waals surface area contributed by atoms with Crippen LogP contribution in [-0.2, 0) is 10.2 Å². The Morgan fingerprint density at radius 2 is 1.83 bits per heavy atom. The largest absolute Gasteiger partial charge is 0.330 e. The van der Waals surface area contributed by atoms with E-state index in [-0.39, 0.29) is 0 Å². The van der Waals surface area contributed by atoms with Crippen molar-refractivity contribution in [2.45, 2.75) is 19.3 Å². The molecule has 0 aromatic heterocycles. The third kappa shape index (κ3) is 4.47. The molecule has 18 heavy (non-hydrogen) atoms. The Morgan fingerprint density at radius 1 is 1.11 bits per heavy atom. The predicted octanol–water partition coefficient (Wildman–Crippen LogP) is -0.461. The predicted molar refractivity (Wildman–Crippen MR) is 73.5 cm³/mol. The quantitative estimate of drug-likeness (QED) is 0.668. The molecule has 1 rings (SSSR count). The molecule has 7 heteroatoms. The van der Waals surface area contributed by atoms with E-state index in [1.807, 2.05) is 0 Å². The van der Waals surface area contributed by atoms with Crippen LogP contribution in [0.15, 0.2) is 0 Å².